The number of rotatable bonds is 5. The lowest BCUT2D eigenvalue weighted by molar-refractivity contribution is -0.148. The summed E-state index contributed by atoms with van der Waals surface area (Å²) in [5, 5.41) is 0.707. The molecule has 0 bridgehead atoms. The Labute approximate surface area is 186 Å². The summed E-state index contributed by atoms with van der Waals surface area (Å²) in [6.45, 7) is 8.26. The van der Waals surface area contributed by atoms with Crippen LogP contribution in [0.5, 0.6) is 0 Å². The summed E-state index contributed by atoms with van der Waals surface area (Å²) >= 11 is 6.17. The summed E-state index contributed by atoms with van der Waals surface area (Å²) in [5.74, 6) is -0.296. The lowest BCUT2D eigenvalue weighted by Gasteiger charge is -2.41. The summed E-state index contributed by atoms with van der Waals surface area (Å²) in [5.41, 5.74) is 2.55. The molecular weight excluding hydrogens is 418 g/mol. The van der Waals surface area contributed by atoms with Gasteiger partial charge in [-0.2, -0.15) is 0 Å². The molecule has 2 aromatic carbocycles. The Balaban J connectivity index is 1.43. The van der Waals surface area contributed by atoms with Crippen molar-refractivity contribution in [3.05, 3.63) is 49.2 Å². The van der Waals surface area contributed by atoms with E-state index >= 15 is 0 Å². The van der Waals surface area contributed by atoms with Gasteiger partial charge in [-0.1, -0.05) is 17.7 Å². The van der Waals surface area contributed by atoms with Gasteiger partial charge in [-0.15, -0.1) is 0 Å². The van der Waals surface area contributed by atoms with Crippen LogP contribution in [-0.4, -0.2) is 51.8 Å². The number of piperazine rings is 1. The molecule has 2 fully saturated rings. The van der Waals surface area contributed by atoms with Crippen molar-refractivity contribution < 1.29 is 9.53 Å². The van der Waals surface area contributed by atoms with Crippen LogP contribution in [0, 0.1) is 12.8 Å². The Bertz CT molecular complexity index is 1030. The van der Waals surface area contributed by atoms with E-state index in [1.54, 1.807) is 6.92 Å². The minimum Gasteiger partial charge on any atom is -0.466 e. The zero-order valence-corrected chi connectivity index (χ0v) is 18.8. The van der Waals surface area contributed by atoms with Gasteiger partial charge in [0.1, 0.15) is 11.4 Å². The average Bonchev–Trinajstić information content (AvgIpc) is 2.79. The fourth-order valence-corrected chi connectivity index (χ4v) is 4.81. The van der Waals surface area contributed by atoms with Crippen molar-refractivity contribution in [2.24, 2.45) is 5.92 Å². The van der Waals surface area contributed by atoms with Crippen molar-refractivity contribution >= 4 is 34.6 Å². The van der Waals surface area contributed by atoms with Crippen LogP contribution in [0.1, 0.15) is 25.3 Å². The summed E-state index contributed by atoms with van der Waals surface area (Å²) in [6.07, 6.45) is 1.28. The highest BCUT2D eigenvalue weighted by Gasteiger charge is 2.35. The van der Waals surface area contributed by atoms with Gasteiger partial charge in [0, 0.05) is 50.0 Å². The van der Waals surface area contributed by atoms with Crippen LogP contribution in [0.15, 0.2) is 27.8 Å². The number of halogens is 1. The molecule has 0 radical (unpaired) electrons. The van der Waals surface area contributed by atoms with Crippen LogP contribution in [0.25, 0.3) is 0 Å². The SMILES string of the molecule is CCOC(=O)C1CCN(c2c(N3CCN(c4cc(Cl)ccc4C)CC3)c(=O)c2=O)CC1. The normalized spacial score (nSPS) is 18.0. The highest BCUT2D eigenvalue weighted by Crippen LogP contribution is 2.31. The molecule has 7 nitrogen and oxygen atoms in total. The third-order valence-corrected chi connectivity index (χ3v) is 6.63. The molecule has 8 heteroatoms. The Kier molecular flexibility index (Phi) is 6.23. The van der Waals surface area contributed by atoms with Crippen LogP contribution >= 0.6 is 11.6 Å². The molecule has 2 aliphatic rings. The summed E-state index contributed by atoms with van der Waals surface area (Å²) in [6, 6.07) is 5.87. The molecule has 0 aliphatic carbocycles. The maximum Gasteiger partial charge on any atom is 0.309 e. The Morgan fingerprint density at radius 3 is 2.10 bits per heavy atom. The first-order valence-corrected chi connectivity index (χ1v) is 11.3. The minimum atomic E-state index is -0.405. The average molecular weight is 446 g/mol. The number of carbonyl (C=O) groups is 1. The number of hydrogen-bond acceptors (Lipinski definition) is 7. The number of anilines is 3. The molecule has 0 unspecified atom stereocenters. The van der Waals surface area contributed by atoms with Crippen molar-refractivity contribution in [1.29, 1.82) is 0 Å². The number of hydrogen-bond donors (Lipinski definition) is 0. The molecule has 0 amide bonds. The third kappa shape index (κ3) is 4.15. The topological polar surface area (TPSA) is 70.2 Å². The molecular formula is C23H28ClN3O4. The molecule has 0 aromatic heterocycles. The van der Waals surface area contributed by atoms with Crippen LogP contribution in [0.3, 0.4) is 0 Å². The minimum absolute atomic E-state index is 0.129. The van der Waals surface area contributed by atoms with Gasteiger partial charge < -0.3 is 19.4 Å². The van der Waals surface area contributed by atoms with Crippen molar-refractivity contribution in [1.82, 2.24) is 0 Å². The molecule has 166 valence electrons. The third-order valence-electron chi connectivity index (χ3n) is 6.40. The van der Waals surface area contributed by atoms with Crippen LogP contribution < -0.4 is 25.6 Å². The van der Waals surface area contributed by atoms with Gasteiger partial charge in [0.25, 0.3) is 10.9 Å². The van der Waals surface area contributed by atoms with Crippen molar-refractivity contribution in [3.8, 4) is 0 Å². The van der Waals surface area contributed by atoms with Gasteiger partial charge in [0.05, 0.1) is 12.5 Å². The number of aryl methyl sites for hydroxylation is 1. The highest BCUT2D eigenvalue weighted by atomic mass is 35.5. The molecule has 0 saturated carbocycles. The van der Waals surface area contributed by atoms with E-state index in [9.17, 15) is 14.4 Å². The van der Waals surface area contributed by atoms with E-state index in [1.807, 2.05) is 28.0 Å². The van der Waals surface area contributed by atoms with E-state index in [0.717, 1.165) is 24.3 Å². The quantitative estimate of drug-likeness (QED) is 0.516. The molecule has 0 N–H and O–H groups in total. The zero-order valence-electron chi connectivity index (χ0n) is 18.0. The lowest BCUT2D eigenvalue weighted by atomic mass is 9.95. The summed E-state index contributed by atoms with van der Waals surface area (Å²) in [4.78, 5) is 43.1. The van der Waals surface area contributed by atoms with Crippen LogP contribution in [0.2, 0.25) is 5.02 Å². The van der Waals surface area contributed by atoms with E-state index in [2.05, 4.69) is 11.8 Å². The zero-order chi connectivity index (χ0) is 22.1. The molecule has 2 aromatic rings. The van der Waals surface area contributed by atoms with Crippen LogP contribution in [-0.2, 0) is 9.53 Å². The van der Waals surface area contributed by atoms with Crippen molar-refractivity contribution in [2.45, 2.75) is 26.7 Å². The van der Waals surface area contributed by atoms with Gasteiger partial charge in [-0.25, -0.2) is 0 Å². The van der Waals surface area contributed by atoms with E-state index in [0.29, 0.717) is 62.0 Å². The van der Waals surface area contributed by atoms with Gasteiger partial charge >= 0.3 is 5.97 Å². The van der Waals surface area contributed by atoms with E-state index in [4.69, 9.17) is 16.3 Å². The highest BCUT2D eigenvalue weighted by molar-refractivity contribution is 6.30. The largest absolute Gasteiger partial charge is 0.466 e. The Morgan fingerprint density at radius 2 is 1.52 bits per heavy atom. The fourth-order valence-electron chi connectivity index (χ4n) is 4.65. The molecule has 2 saturated heterocycles. The number of carbonyl (C=O) groups excluding carboxylic acids is 1. The van der Waals surface area contributed by atoms with Crippen molar-refractivity contribution in [2.75, 3.05) is 60.6 Å². The second kappa shape index (κ2) is 8.91. The van der Waals surface area contributed by atoms with E-state index in [-0.39, 0.29) is 11.9 Å². The van der Waals surface area contributed by atoms with Gasteiger partial charge in [-0.05, 0) is 44.4 Å². The molecule has 2 aliphatic heterocycles. The number of nitrogens with zero attached hydrogens (tertiary/aromatic N) is 3. The second-order valence-electron chi connectivity index (χ2n) is 8.27. The molecule has 2 heterocycles. The maximum absolute atomic E-state index is 12.4. The molecule has 0 atom stereocenters. The maximum atomic E-state index is 12.4. The number of esters is 1. The Morgan fingerprint density at radius 1 is 0.968 bits per heavy atom. The molecule has 0 spiro atoms. The smallest absolute Gasteiger partial charge is 0.309 e. The second-order valence-corrected chi connectivity index (χ2v) is 8.71. The van der Waals surface area contributed by atoms with E-state index < -0.39 is 10.9 Å². The van der Waals surface area contributed by atoms with Gasteiger partial charge in [0.2, 0.25) is 0 Å². The number of benzene rings is 1. The first-order valence-electron chi connectivity index (χ1n) is 10.9. The van der Waals surface area contributed by atoms with Gasteiger partial charge in [0.15, 0.2) is 0 Å². The van der Waals surface area contributed by atoms with Gasteiger partial charge in [-0.3, -0.25) is 14.4 Å². The number of piperidine rings is 1. The molecule has 4 rings (SSSR count). The van der Waals surface area contributed by atoms with Crippen molar-refractivity contribution in [3.63, 3.8) is 0 Å². The lowest BCUT2D eigenvalue weighted by Crippen LogP contribution is -2.54. The fraction of sp³-hybridized carbons (Fsp3) is 0.522. The summed E-state index contributed by atoms with van der Waals surface area (Å²) < 4.78 is 5.12. The summed E-state index contributed by atoms with van der Waals surface area (Å²) in [7, 11) is 0. The Hall–Kier alpha value is -2.54. The predicted molar refractivity (Wildman–Crippen MR) is 124 cm³/mol. The standard InChI is InChI=1S/C23H28ClN3O4/c1-3-31-23(30)16-6-8-26(9-7-16)19-20(22(29)21(19)28)27-12-10-25(11-13-27)18-14-17(24)5-4-15(18)2/h4-5,14,16H,3,6-13H2,1-2H3. The first-order chi connectivity index (χ1) is 14.9. The molecule has 31 heavy (non-hydrogen) atoms. The van der Waals surface area contributed by atoms with E-state index in [1.165, 1.54) is 0 Å². The van der Waals surface area contributed by atoms with Crippen LogP contribution in [0.4, 0.5) is 17.1 Å². The number of ether oxygens (including phenoxy) is 1. The predicted octanol–water partition coefficient (Wildman–Crippen LogP) is 2.35. The first kappa shape index (κ1) is 21.7. The monoisotopic (exact) mass is 445 g/mol.